The van der Waals surface area contributed by atoms with Gasteiger partial charge in [-0.3, -0.25) is 9.59 Å². The van der Waals surface area contributed by atoms with E-state index in [0.717, 1.165) is 50.5 Å². The Balaban J connectivity index is 1.54. The Labute approximate surface area is 209 Å². The minimum atomic E-state index is -1.41. The quantitative estimate of drug-likeness (QED) is 0.485. The van der Waals surface area contributed by atoms with Gasteiger partial charge in [0.15, 0.2) is 11.6 Å². The van der Waals surface area contributed by atoms with Crippen LogP contribution in [0.25, 0.3) is 0 Å². The number of epoxide rings is 1. The number of ether oxygens (including phenoxy) is 1. The zero-order chi connectivity index (χ0) is 25.6. The third kappa shape index (κ3) is 2.35. The Morgan fingerprint density at radius 3 is 2.31 bits per heavy atom. The molecular weight excluding hydrogens is 438 g/mol. The Hall–Kier alpha value is -1.51. The van der Waals surface area contributed by atoms with Crippen LogP contribution >= 0.6 is 0 Å². The van der Waals surface area contributed by atoms with Crippen molar-refractivity contribution in [2.24, 2.45) is 44.8 Å². The van der Waals surface area contributed by atoms with E-state index < -0.39 is 39.0 Å². The molecule has 0 radical (unpaired) electrons. The van der Waals surface area contributed by atoms with Gasteiger partial charge >= 0.3 is 0 Å². The zero-order valence-corrected chi connectivity index (χ0v) is 22.5. The lowest BCUT2D eigenvalue weighted by Gasteiger charge is -2.70. The lowest BCUT2D eigenvalue weighted by atomic mass is 9.33. The zero-order valence-electron chi connectivity index (χ0n) is 22.5. The van der Waals surface area contributed by atoms with Crippen LogP contribution in [-0.2, 0) is 14.3 Å². The summed E-state index contributed by atoms with van der Waals surface area (Å²) in [5.41, 5.74) is -3.97. The molecule has 0 spiro atoms. The lowest BCUT2D eigenvalue weighted by Crippen LogP contribution is -2.73. The van der Waals surface area contributed by atoms with Crippen LogP contribution in [0.1, 0.15) is 93.4 Å². The number of nitrogens with zero attached hydrogens (tertiary/aromatic N) is 1. The molecule has 0 aromatic heterocycles. The number of hydrogen-bond acceptors (Lipinski definition) is 5. The van der Waals surface area contributed by atoms with Gasteiger partial charge in [-0.1, -0.05) is 54.0 Å². The molecule has 0 bridgehead atoms. The molecule has 0 amide bonds. The first kappa shape index (κ1) is 23.9. The molecule has 1 saturated heterocycles. The van der Waals surface area contributed by atoms with Crippen LogP contribution in [0.5, 0.6) is 0 Å². The smallest absolute Gasteiger partial charge is 0.240 e. The molecule has 1 aliphatic heterocycles. The first-order chi connectivity index (χ1) is 16.1. The van der Waals surface area contributed by atoms with E-state index in [9.17, 15) is 20.0 Å². The fourth-order valence-electron chi connectivity index (χ4n) is 10.6. The van der Waals surface area contributed by atoms with Crippen molar-refractivity contribution in [2.45, 2.75) is 111 Å². The van der Waals surface area contributed by atoms with Crippen LogP contribution in [-0.4, -0.2) is 34.0 Å². The second-order valence-electron chi connectivity index (χ2n) is 14.9. The van der Waals surface area contributed by atoms with Gasteiger partial charge in [-0.05, 0) is 79.6 Å². The van der Waals surface area contributed by atoms with Crippen LogP contribution in [0.2, 0.25) is 0 Å². The number of nitriles is 1. The van der Waals surface area contributed by atoms with Crippen molar-refractivity contribution in [1.29, 1.82) is 5.26 Å². The molecule has 5 fully saturated rings. The number of hydrogen-bond donors (Lipinski definition) is 1. The van der Waals surface area contributed by atoms with E-state index in [1.54, 1.807) is 6.08 Å². The Bertz CT molecular complexity index is 1130. The number of carbonyl (C=O) groups is 2. The summed E-state index contributed by atoms with van der Waals surface area (Å²) in [4.78, 5) is 27.7. The highest BCUT2D eigenvalue weighted by Crippen LogP contribution is 2.77. The van der Waals surface area contributed by atoms with Crippen molar-refractivity contribution in [3.05, 3.63) is 11.6 Å². The Kier molecular flexibility index (Phi) is 4.30. The van der Waals surface area contributed by atoms with Crippen molar-refractivity contribution >= 4 is 11.6 Å². The molecule has 9 atom stereocenters. The van der Waals surface area contributed by atoms with Crippen molar-refractivity contribution in [3.63, 3.8) is 0 Å². The van der Waals surface area contributed by atoms with E-state index in [0.29, 0.717) is 5.92 Å². The number of ketones is 2. The predicted octanol–water partition coefficient (Wildman–Crippen LogP) is 5.16. The molecule has 0 aromatic carbocycles. The molecule has 1 heterocycles. The monoisotopic (exact) mass is 479 g/mol. The predicted molar refractivity (Wildman–Crippen MR) is 131 cm³/mol. The summed E-state index contributed by atoms with van der Waals surface area (Å²) in [7, 11) is 0. The van der Waals surface area contributed by atoms with E-state index in [1.807, 2.05) is 13.8 Å². The first-order valence-electron chi connectivity index (χ1n) is 13.7. The summed E-state index contributed by atoms with van der Waals surface area (Å²) < 4.78 is 6.05. The molecule has 0 aromatic rings. The third-order valence-electron chi connectivity index (χ3n) is 12.7. The molecule has 4 saturated carbocycles. The molecule has 5 aliphatic carbocycles. The highest BCUT2D eigenvalue weighted by atomic mass is 16.6. The minimum Gasteiger partial charge on any atom is -0.381 e. The molecule has 35 heavy (non-hydrogen) atoms. The van der Waals surface area contributed by atoms with Crippen LogP contribution in [0.15, 0.2) is 11.6 Å². The second-order valence-corrected chi connectivity index (χ2v) is 14.9. The molecule has 5 heteroatoms. The Morgan fingerprint density at radius 1 is 1.00 bits per heavy atom. The number of carbonyl (C=O) groups excluding carboxylic acids is 2. The van der Waals surface area contributed by atoms with Gasteiger partial charge in [-0.25, -0.2) is 0 Å². The van der Waals surface area contributed by atoms with Gasteiger partial charge in [0.2, 0.25) is 5.60 Å². The molecule has 1 N–H and O–H groups in total. The van der Waals surface area contributed by atoms with Crippen molar-refractivity contribution in [1.82, 2.24) is 0 Å². The number of aliphatic hydroxyl groups is 1. The molecule has 190 valence electrons. The maximum absolute atomic E-state index is 14.2. The van der Waals surface area contributed by atoms with E-state index in [1.165, 1.54) is 0 Å². The molecule has 5 nitrogen and oxygen atoms in total. The summed E-state index contributed by atoms with van der Waals surface area (Å²) in [6.45, 7) is 15.0. The fraction of sp³-hybridized carbons (Fsp3) is 0.833. The van der Waals surface area contributed by atoms with Crippen molar-refractivity contribution in [3.8, 4) is 6.07 Å². The van der Waals surface area contributed by atoms with Gasteiger partial charge in [0, 0.05) is 16.2 Å². The van der Waals surface area contributed by atoms with Gasteiger partial charge in [0.05, 0.1) is 0 Å². The van der Waals surface area contributed by atoms with Crippen LogP contribution in [0.3, 0.4) is 0 Å². The fourth-order valence-corrected chi connectivity index (χ4v) is 10.6. The Morgan fingerprint density at radius 2 is 1.66 bits per heavy atom. The maximum atomic E-state index is 14.2. The van der Waals surface area contributed by atoms with E-state index in [4.69, 9.17) is 4.74 Å². The third-order valence-corrected chi connectivity index (χ3v) is 12.7. The van der Waals surface area contributed by atoms with Gasteiger partial charge in [-0.15, -0.1) is 0 Å². The van der Waals surface area contributed by atoms with Crippen LogP contribution in [0, 0.1) is 56.2 Å². The van der Waals surface area contributed by atoms with E-state index in [2.05, 4.69) is 40.7 Å². The minimum absolute atomic E-state index is 0.0108. The number of rotatable bonds is 0. The van der Waals surface area contributed by atoms with Gasteiger partial charge < -0.3 is 9.84 Å². The summed E-state index contributed by atoms with van der Waals surface area (Å²) in [6, 6.07) is 2.22. The van der Waals surface area contributed by atoms with Gasteiger partial charge in [0.1, 0.15) is 17.8 Å². The lowest BCUT2D eigenvalue weighted by molar-refractivity contribution is -0.227. The number of fused-ring (bicyclic) bond motifs is 9. The van der Waals surface area contributed by atoms with Gasteiger partial charge in [-0.2, -0.15) is 5.26 Å². The van der Waals surface area contributed by atoms with E-state index >= 15 is 0 Å². The van der Waals surface area contributed by atoms with Crippen molar-refractivity contribution in [2.75, 3.05) is 0 Å². The topological polar surface area (TPSA) is 90.7 Å². The van der Waals surface area contributed by atoms with Crippen molar-refractivity contribution < 1.29 is 19.4 Å². The maximum Gasteiger partial charge on any atom is 0.240 e. The molecule has 2 unspecified atom stereocenters. The normalized spacial score (nSPS) is 55.2. The van der Waals surface area contributed by atoms with Crippen LogP contribution in [0.4, 0.5) is 0 Å². The number of Topliss-reactive ketones (excluding diaryl/α,β-unsaturated/α-hetero) is 1. The average molecular weight is 480 g/mol. The highest BCUT2D eigenvalue weighted by Gasteiger charge is 2.83. The molecule has 6 aliphatic rings. The van der Waals surface area contributed by atoms with Crippen LogP contribution < -0.4 is 0 Å². The molecular formula is C30H41NO4. The second kappa shape index (κ2) is 6.30. The summed E-state index contributed by atoms with van der Waals surface area (Å²) in [6.07, 6.45) is 7.86. The van der Waals surface area contributed by atoms with E-state index in [-0.39, 0.29) is 28.8 Å². The highest BCUT2D eigenvalue weighted by molar-refractivity contribution is 6.02. The van der Waals surface area contributed by atoms with Gasteiger partial charge in [0.25, 0.3) is 0 Å². The summed E-state index contributed by atoms with van der Waals surface area (Å²) in [5, 5.41) is 22.7. The average Bonchev–Trinajstić information content (AvgIpc) is 3.54. The molecule has 6 rings (SSSR count). The SMILES string of the molecule is CC1(C)CCC2CC[C@@]3(C)[C@]4(C)CC[C@H]5C(C)(C)C(=O)[C@]6(C#N)O[C@@H]6[C@]5(C)C4=CC(=O)[C@]3(O)C2C1. The first-order valence-corrected chi connectivity index (χ1v) is 13.7. The standard InChI is InChI=1S/C30H41NO4/c1-24(2)11-8-17-9-13-27(6)26(5)12-10-19-25(3,4)22(33)29(16-31)23(35-29)28(19,7)20(26)14-21(32)30(27,34)18(17)15-24/h14,17-19,23,34H,8-13,15H2,1-7H3/t17?,18?,19-,23+,26+,27-,28-,29-,30+/m0/s1. The summed E-state index contributed by atoms with van der Waals surface area (Å²) >= 11 is 0. The largest absolute Gasteiger partial charge is 0.381 e. The summed E-state index contributed by atoms with van der Waals surface area (Å²) in [5.74, 6) is 0.0826.